The van der Waals surface area contributed by atoms with Gasteiger partial charge in [0.1, 0.15) is 11.6 Å². The third kappa shape index (κ3) is 7.13. The summed E-state index contributed by atoms with van der Waals surface area (Å²) >= 11 is 0. The topological polar surface area (TPSA) is 64.6 Å². The summed E-state index contributed by atoms with van der Waals surface area (Å²) in [6.45, 7) is 9.93. The van der Waals surface area contributed by atoms with E-state index in [1.54, 1.807) is 13.8 Å². The molecule has 134 valence electrons. The molecular weight excluding hydrogens is 306 g/mol. The first-order valence-electron chi connectivity index (χ1n) is 8.42. The number of esters is 2. The Labute approximate surface area is 144 Å². The van der Waals surface area contributed by atoms with Crippen LogP contribution in [0.2, 0.25) is 0 Å². The summed E-state index contributed by atoms with van der Waals surface area (Å²) in [6.07, 6.45) is 0.552. The highest BCUT2D eigenvalue weighted by Gasteiger charge is 2.24. The van der Waals surface area contributed by atoms with Crippen molar-refractivity contribution in [2.45, 2.75) is 58.6 Å². The Hall–Kier alpha value is -1.88. The van der Waals surface area contributed by atoms with E-state index >= 15 is 0 Å². The molecule has 0 bridgehead atoms. The van der Waals surface area contributed by atoms with Crippen LogP contribution < -0.4 is 5.32 Å². The first kappa shape index (κ1) is 20.2. The summed E-state index contributed by atoms with van der Waals surface area (Å²) in [6, 6.07) is 9.12. The third-order valence-electron chi connectivity index (χ3n) is 3.42. The molecule has 0 spiro atoms. The number of hydrogen-bond donors (Lipinski definition) is 1. The molecule has 0 aliphatic carbocycles. The predicted molar refractivity (Wildman–Crippen MR) is 93.7 cm³/mol. The zero-order valence-corrected chi connectivity index (χ0v) is 15.3. The van der Waals surface area contributed by atoms with Crippen molar-refractivity contribution in [2.24, 2.45) is 0 Å². The summed E-state index contributed by atoms with van der Waals surface area (Å²) in [4.78, 5) is 24.2. The number of nitrogens with one attached hydrogen (secondary N) is 1. The van der Waals surface area contributed by atoms with Crippen molar-refractivity contribution >= 4 is 11.9 Å². The van der Waals surface area contributed by atoms with Crippen LogP contribution in [0.25, 0.3) is 0 Å². The third-order valence-corrected chi connectivity index (χ3v) is 3.42. The van der Waals surface area contributed by atoms with Crippen LogP contribution in [0.4, 0.5) is 0 Å². The van der Waals surface area contributed by atoms with Gasteiger partial charge in [-0.2, -0.15) is 0 Å². The molecule has 0 heterocycles. The first-order valence-corrected chi connectivity index (χ1v) is 8.42. The minimum absolute atomic E-state index is 0.240. The normalized spacial score (nSPS) is 13.9. The molecule has 5 heteroatoms. The van der Waals surface area contributed by atoms with E-state index in [1.807, 2.05) is 51.1 Å². The van der Waals surface area contributed by atoms with Gasteiger partial charge in [0.25, 0.3) is 0 Å². The second-order valence-electron chi connectivity index (χ2n) is 6.71. The van der Waals surface area contributed by atoms with Gasteiger partial charge in [0.15, 0.2) is 0 Å². The summed E-state index contributed by atoms with van der Waals surface area (Å²) in [5.41, 5.74) is 0.410. The number of benzene rings is 1. The lowest BCUT2D eigenvalue weighted by molar-refractivity contribution is -0.156. The Kier molecular flexibility index (Phi) is 7.92. The standard InChI is InChI=1S/C19H29NO4/c1-6-23-18(22)16(15-10-8-7-9-11-15)12-13-20-14(2)17(21)24-19(3,4)5/h7-11,14,16,20H,6,12-13H2,1-5H3/t14-,16?/m0/s1. The monoisotopic (exact) mass is 335 g/mol. The van der Waals surface area contributed by atoms with Crippen LogP contribution in [-0.4, -0.2) is 36.7 Å². The fourth-order valence-electron chi connectivity index (χ4n) is 2.27. The fraction of sp³-hybridized carbons (Fsp3) is 0.579. The van der Waals surface area contributed by atoms with Crippen molar-refractivity contribution < 1.29 is 19.1 Å². The zero-order valence-electron chi connectivity index (χ0n) is 15.3. The average molecular weight is 335 g/mol. The Morgan fingerprint density at radius 3 is 2.29 bits per heavy atom. The molecular formula is C19H29NO4. The quantitative estimate of drug-likeness (QED) is 0.740. The van der Waals surface area contributed by atoms with Crippen LogP contribution in [0.15, 0.2) is 30.3 Å². The highest BCUT2D eigenvalue weighted by atomic mass is 16.6. The molecule has 24 heavy (non-hydrogen) atoms. The summed E-state index contributed by atoms with van der Waals surface area (Å²) in [7, 11) is 0. The molecule has 1 rings (SSSR count). The highest BCUT2D eigenvalue weighted by molar-refractivity contribution is 5.78. The van der Waals surface area contributed by atoms with Crippen molar-refractivity contribution in [3.63, 3.8) is 0 Å². The van der Waals surface area contributed by atoms with E-state index in [4.69, 9.17) is 9.47 Å². The molecule has 1 aromatic carbocycles. The zero-order chi connectivity index (χ0) is 18.2. The van der Waals surface area contributed by atoms with Crippen molar-refractivity contribution in [2.75, 3.05) is 13.2 Å². The van der Waals surface area contributed by atoms with Gasteiger partial charge in [0.2, 0.25) is 0 Å². The number of rotatable bonds is 8. The maximum Gasteiger partial charge on any atom is 0.323 e. The van der Waals surface area contributed by atoms with Crippen LogP contribution in [-0.2, 0) is 19.1 Å². The Morgan fingerprint density at radius 2 is 1.75 bits per heavy atom. The van der Waals surface area contributed by atoms with Crippen molar-refractivity contribution in [1.82, 2.24) is 5.32 Å². The predicted octanol–water partition coefficient (Wildman–Crippen LogP) is 3.04. The van der Waals surface area contributed by atoms with E-state index < -0.39 is 11.6 Å². The van der Waals surface area contributed by atoms with Crippen molar-refractivity contribution in [3.05, 3.63) is 35.9 Å². The summed E-state index contributed by atoms with van der Waals surface area (Å²) < 4.78 is 10.5. The van der Waals surface area contributed by atoms with Crippen molar-refractivity contribution in [1.29, 1.82) is 0 Å². The van der Waals surface area contributed by atoms with Crippen LogP contribution in [0.5, 0.6) is 0 Å². The maximum atomic E-state index is 12.2. The molecule has 0 amide bonds. The van der Waals surface area contributed by atoms with Gasteiger partial charge in [0.05, 0.1) is 12.5 Å². The van der Waals surface area contributed by atoms with E-state index in [9.17, 15) is 9.59 Å². The molecule has 1 aromatic rings. The van der Waals surface area contributed by atoms with Crippen LogP contribution in [0, 0.1) is 0 Å². The van der Waals surface area contributed by atoms with Crippen LogP contribution >= 0.6 is 0 Å². The van der Waals surface area contributed by atoms with Crippen LogP contribution in [0.3, 0.4) is 0 Å². The Morgan fingerprint density at radius 1 is 1.12 bits per heavy atom. The van der Waals surface area contributed by atoms with Gasteiger partial charge in [-0.05, 0) is 53.1 Å². The minimum atomic E-state index is -0.509. The second-order valence-corrected chi connectivity index (χ2v) is 6.71. The number of hydrogen-bond acceptors (Lipinski definition) is 5. The van der Waals surface area contributed by atoms with Gasteiger partial charge in [-0.15, -0.1) is 0 Å². The second kappa shape index (κ2) is 9.42. The van der Waals surface area contributed by atoms with E-state index in [0.717, 1.165) is 5.56 Å². The van der Waals surface area contributed by atoms with E-state index in [-0.39, 0.29) is 17.9 Å². The minimum Gasteiger partial charge on any atom is -0.466 e. The smallest absolute Gasteiger partial charge is 0.323 e. The molecule has 0 aromatic heterocycles. The Balaban J connectivity index is 2.59. The highest BCUT2D eigenvalue weighted by Crippen LogP contribution is 2.21. The maximum absolute atomic E-state index is 12.2. The largest absolute Gasteiger partial charge is 0.466 e. The van der Waals surface area contributed by atoms with Gasteiger partial charge in [-0.3, -0.25) is 9.59 Å². The van der Waals surface area contributed by atoms with E-state index in [0.29, 0.717) is 19.6 Å². The molecule has 0 radical (unpaired) electrons. The average Bonchev–Trinajstić information content (AvgIpc) is 2.50. The molecule has 1 N–H and O–H groups in total. The lowest BCUT2D eigenvalue weighted by Crippen LogP contribution is -2.40. The number of ether oxygens (including phenoxy) is 2. The van der Waals surface area contributed by atoms with Crippen molar-refractivity contribution in [3.8, 4) is 0 Å². The number of carbonyl (C=O) groups excluding carboxylic acids is 2. The summed E-state index contributed by atoms with van der Waals surface area (Å²) in [5, 5.41) is 3.12. The fourth-order valence-corrected chi connectivity index (χ4v) is 2.27. The molecule has 0 aliphatic rings. The molecule has 2 atom stereocenters. The van der Waals surface area contributed by atoms with Crippen LogP contribution in [0.1, 0.15) is 52.5 Å². The van der Waals surface area contributed by atoms with Gasteiger partial charge in [-0.1, -0.05) is 30.3 Å². The Bertz CT molecular complexity index is 522. The summed E-state index contributed by atoms with van der Waals surface area (Å²) in [5.74, 6) is -0.880. The van der Waals surface area contributed by atoms with E-state index in [2.05, 4.69) is 5.32 Å². The SMILES string of the molecule is CCOC(=O)C(CCN[C@@H](C)C(=O)OC(C)(C)C)c1ccccc1. The van der Waals surface area contributed by atoms with Gasteiger partial charge in [0, 0.05) is 0 Å². The van der Waals surface area contributed by atoms with E-state index in [1.165, 1.54) is 0 Å². The lowest BCUT2D eigenvalue weighted by Gasteiger charge is -2.23. The molecule has 0 saturated carbocycles. The first-order chi connectivity index (χ1) is 11.2. The number of carbonyl (C=O) groups is 2. The molecule has 1 unspecified atom stereocenters. The molecule has 5 nitrogen and oxygen atoms in total. The molecule has 0 saturated heterocycles. The molecule has 0 aliphatic heterocycles. The lowest BCUT2D eigenvalue weighted by atomic mass is 9.95. The van der Waals surface area contributed by atoms with Gasteiger partial charge in [-0.25, -0.2) is 0 Å². The van der Waals surface area contributed by atoms with Gasteiger partial charge >= 0.3 is 11.9 Å². The van der Waals surface area contributed by atoms with Gasteiger partial charge < -0.3 is 14.8 Å². The molecule has 0 fully saturated rings.